The predicted molar refractivity (Wildman–Crippen MR) is 63.4 cm³/mol. The van der Waals surface area contributed by atoms with Gasteiger partial charge in [-0.15, -0.1) is 0 Å². The van der Waals surface area contributed by atoms with Gasteiger partial charge in [0.25, 0.3) is 0 Å². The van der Waals surface area contributed by atoms with E-state index in [2.05, 4.69) is 10.6 Å². The summed E-state index contributed by atoms with van der Waals surface area (Å²) in [6.07, 6.45) is 0.776. The molecular weight excluding hydrogens is 204 g/mol. The van der Waals surface area contributed by atoms with Gasteiger partial charge in [-0.1, -0.05) is 19.1 Å². The maximum atomic E-state index is 11.2. The molecule has 4 heteroatoms. The van der Waals surface area contributed by atoms with Crippen molar-refractivity contribution in [3.05, 3.63) is 29.8 Å². The minimum absolute atomic E-state index is 0.0145. The smallest absolute Gasteiger partial charge is 0.233 e. The second-order valence-corrected chi connectivity index (χ2v) is 3.55. The predicted octanol–water partition coefficient (Wildman–Crippen LogP) is 0.660. The lowest BCUT2D eigenvalue weighted by atomic mass is 10.1. The molecule has 0 spiro atoms. The number of carbonyl (C=O) groups excluding carboxylic acids is 1. The number of carbonyl (C=O) groups is 1. The molecule has 1 rings (SSSR count). The molecule has 1 amide bonds. The minimum atomic E-state index is 0.0145. The number of hydrogen-bond donors (Lipinski definition) is 3. The van der Waals surface area contributed by atoms with E-state index < -0.39 is 0 Å². The minimum Gasteiger partial charge on any atom is -0.508 e. The van der Waals surface area contributed by atoms with Crippen molar-refractivity contribution in [1.29, 1.82) is 0 Å². The molecule has 4 nitrogen and oxygen atoms in total. The number of aromatic hydroxyl groups is 1. The highest BCUT2D eigenvalue weighted by Gasteiger charge is 1.99. The molecule has 0 aliphatic heterocycles. The van der Waals surface area contributed by atoms with Gasteiger partial charge in [0.15, 0.2) is 0 Å². The number of benzene rings is 1. The second kappa shape index (κ2) is 6.85. The van der Waals surface area contributed by atoms with Crippen LogP contribution in [0.3, 0.4) is 0 Å². The zero-order chi connectivity index (χ0) is 11.8. The van der Waals surface area contributed by atoms with E-state index in [-0.39, 0.29) is 11.7 Å². The van der Waals surface area contributed by atoms with E-state index in [0.29, 0.717) is 13.1 Å². The van der Waals surface area contributed by atoms with Gasteiger partial charge in [-0.05, 0) is 30.7 Å². The van der Waals surface area contributed by atoms with Crippen LogP contribution >= 0.6 is 0 Å². The first-order chi connectivity index (χ1) is 7.72. The van der Waals surface area contributed by atoms with Crippen molar-refractivity contribution in [1.82, 2.24) is 10.6 Å². The Labute approximate surface area is 95.7 Å². The molecule has 16 heavy (non-hydrogen) atoms. The van der Waals surface area contributed by atoms with Crippen molar-refractivity contribution < 1.29 is 9.90 Å². The molecule has 0 radical (unpaired) electrons. The average Bonchev–Trinajstić information content (AvgIpc) is 2.29. The molecule has 1 aromatic carbocycles. The Hall–Kier alpha value is -1.55. The summed E-state index contributed by atoms with van der Waals surface area (Å²) in [6, 6.07) is 7.00. The highest BCUT2D eigenvalue weighted by Crippen LogP contribution is 2.09. The fourth-order valence-electron chi connectivity index (χ4n) is 1.31. The maximum absolute atomic E-state index is 11.2. The standard InChI is InChI=1S/C12H18N2O2/c1-2-13-9-12(16)14-8-7-10-3-5-11(15)6-4-10/h3-6,13,15H,2,7-9H2,1H3,(H,14,16). The van der Waals surface area contributed by atoms with E-state index in [1.807, 2.05) is 19.1 Å². The first-order valence-corrected chi connectivity index (χ1v) is 5.47. The van der Waals surface area contributed by atoms with Crippen LogP contribution in [0.5, 0.6) is 5.75 Å². The van der Waals surface area contributed by atoms with Gasteiger partial charge in [-0.2, -0.15) is 0 Å². The van der Waals surface area contributed by atoms with Gasteiger partial charge < -0.3 is 15.7 Å². The van der Waals surface area contributed by atoms with Crippen molar-refractivity contribution in [2.45, 2.75) is 13.3 Å². The summed E-state index contributed by atoms with van der Waals surface area (Å²) in [5, 5.41) is 14.9. The van der Waals surface area contributed by atoms with Gasteiger partial charge in [0.05, 0.1) is 6.54 Å². The largest absolute Gasteiger partial charge is 0.508 e. The third-order valence-corrected chi connectivity index (χ3v) is 2.21. The molecule has 0 saturated carbocycles. The van der Waals surface area contributed by atoms with E-state index in [4.69, 9.17) is 5.11 Å². The van der Waals surface area contributed by atoms with Crippen LogP contribution in [0, 0.1) is 0 Å². The molecule has 3 N–H and O–H groups in total. The van der Waals surface area contributed by atoms with Crippen molar-refractivity contribution in [2.75, 3.05) is 19.6 Å². The topological polar surface area (TPSA) is 61.4 Å². The molecule has 0 aliphatic carbocycles. The van der Waals surface area contributed by atoms with E-state index >= 15 is 0 Å². The number of likely N-dealkylation sites (N-methyl/N-ethyl adjacent to an activating group) is 1. The van der Waals surface area contributed by atoms with Gasteiger partial charge >= 0.3 is 0 Å². The molecule has 0 aromatic heterocycles. The zero-order valence-corrected chi connectivity index (χ0v) is 9.49. The summed E-state index contributed by atoms with van der Waals surface area (Å²) in [5.41, 5.74) is 1.10. The van der Waals surface area contributed by atoms with E-state index in [1.165, 1.54) is 0 Å². The molecule has 1 aromatic rings. The summed E-state index contributed by atoms with van der Waals surface area (Å²) >= 11 is 0. The highest BCUT2D eigenvalue weighted by atomic mass is 16.3. The molecule has 88 valence electrons. The van der Waals surface area contributed by atoms with Crippen LogP contribution in [0.15, 0.2) is 24.3 Å². The number of phenols is 1. The first-order valence-electron chi connectivity index (χ1n) is 5.47. The van der Waals surface area contributed by atoms with Crippen LogP contribution in [-0.2, 0) is 11.2 Å². The third-order valence-electron chi connectivity index (χ3n) is 2.21. The Morgan fingerprint density at radius 3 is 2.62 bits per heavy atom. The first kappa shape index (κ1) is 12.5. The molecule has 0 bridgehead atoms. The Balaban J connectivity index is 2.20. The molecule has 0 fully saturated rings. The molecule has 0 aliphatic rings. The van der Waals surface area contributed by atoms with Gasteiger partial charge in [0, 0.05) is 6.54 Å². The number of amides is 1. The number of rotatable bonds is 6. The summed E-state index contributed by atoms with van der Waals surface area (Å²) in [4.78, 5) is 11.2. The zero-order valence-electron chi connectivity index (χ0n) is 9.49. The summed E-state index contributed by atoms with van der Waals surface area (Å²) in [7, 11) is 0. The van der Waals surface area contributed by atoms with Crippen LogP contribution in [0.25, 0.3) is 0 Å². The monoisotopic (exact) mass is 222 g/mol. The summed E-state index contributed by atoms with van der Waals surface area (Å²) in [6.45, 7) is 3.75. The summed E-state index contributed by atoms with van der Waals surface area (Å²) in [5.74, 6) is 0.278. The number of nitrogens with one attached hydrogen (secondary N) is 2. The van der Waals surface area contributed by atoms with Crippen LogP contribution < -0.4 is 10.6 Å². The maximum Gasteiger partial charge on any atom is 0.233 e. The molecule has 0 heterocycles. The average molecular weight is 222 g/mol. The molecule has 0 unspecified atom stereocenters. The lowest BCUT2D eigenvalue weighted by Crippen LogP contribution is -2.34. The van der Waals surface area contributed by atoms with Crippen molar-refractivity contribution >= 4 is 5.91 Å². The lowest BCUT2D eigenvalue weighted by Gasteiger charge is -2.05. The van der Waals surface area contributed by atoms with Crippen LogP contribution in [0.2, 0.25) is 0 Å². The Bertz CT molecular complexity index is 322. The van der Waals surface area contributed by atoms with Crippen molar-refractivity contribution in [3.63, 3.8) is 0 Å². The van der Waals surface area contributed by atoms with E-state index in [1.54, 1.807) is 12.1 Å². The SMILES string of the molecule is CCNCC(=O)NCCc1ccc(O)cc1. The van der Waals surface area contributed by atoms with Crippen LogP contribution in [0.4, 0.5) is 0 Å². The van der Waals surface area contributed by atoms with Crippen LogP contribution in [-0.4, -0.2) is 30.6 Å². The fraction of sp³-hybridized carbons (Fsp3) is 0.417. The van der Waals surface area contributed by atoms with Crippen molar-refractivity contribution in [2.24, 2.45) is 0 Å². The Kier molecular flexibility index (Phi) is 5.36. The lowest BCUT2D eigenvalue weighted by molar-refractivity contribution is -0.120. The number of hydrogen-bond acceptors (Lipinski definition) is 3. The third kappa shape index (κ3) is 4.79. The number of phenolic OH excluding ortho intramolecular Hbond substituents is 1. The van der Waals surface area contributed by atoms with E-state index in [9.17, 15) is 4.79 Å². The fourth-order valence-corrected chi connectivity index (χ4v) is 1.31. The van der Waals surface area contributed by atoms with Crippen molar-refractivity contribution in [3.8, 4) is 5.75 Å². The summed E-state index contributed by atoms with van der Waals surface area (Å²) < 4.78 is 0. The van der Waals surface area contributed by atoms with Gasteiger partial charge in [0.1, 0.15) is 5.75 Å². The quantitative estimate of drug-likeness (QED) is 0.662. The molecular formula is C12H18N2O2. The van der Waals surface area contributed by atoms with Gasteiger partial charge in [0.2, 0.25) is 5.91 Å². The van der Waals surface area contributed by atoms with Gasteiger partial charge in [-0.3, -0.25) is 4.79 Å². The van der Waals surface area contributed by atoms with Gasteiger partial charge in [-0.25, -0.2) is 0 Å². The molecule has 0 atom stereocenters. The Morgan fingerprint density at radius 2 is 2.00 bits per heavy atom. The van der Waals surface area contributed by atoms with E-state index in [0.717, 1.165) is 18.5 Å². The second-order valence-electron chi connectivity index (χ2n) is 3.55. The molecule has 0 saturated heterocycles. The Morgan fingerprint density at radius 1 is 1.31 bits per heavy atom. The van der Waals surface area contributed by atoms with Crippen LogP contribution in [0.1, 0.15) is 12.5 Å². The normalized spacial score (nSPS) is 10.1. The highest BCUT2D eigenvalue weighted by molar-refractivity contribution is 5.77.